The highest BCUT2D eigenvalue weighted by Crippen LogP contribution is 2.26. The Morgan fingerprint density at radius 3 is 2.94 bits per heavy atom. The number of amides is 1. The number of carbonyl (C=O) groups is 2. The molecule has 0 saturated carbocycles. The van der Waals surface area contributed by atoms with Crippen molar-refractivity contribution < 1.29 is 14.3 Å². The average molecular weight is 431 g/mol. The van der Waals surface area contributed by atoms with E-state index in [2.05, 4.69) is 20.6 Å². The lowest BCUT2D eigenvalue weighted by Crippen LogP contribution is -2.47. The molecule has 0 spiro atoms. The number of ether oxygens (including phenoxy) is 1. The number of aryl methyl sites for hydroxylation is 1. The van der Waals surface area contributed by atoms with Crippen LogP contribution >= 0.6 is 0 Å². The Labute approximate surface area is 186 Å². The third-order valence-electron chi connectivity index (χ3n) is 5.30. The fourth-order valence-electron chi connectivity index (χ4n) is 3.55. The molecule has 1 fully saturated rings. The summed E-state index contributed by atoms with van der Waals surface area (Å²) in [7, 11) is 0. The van der Waals surface area contributed by atoms with Crippen LogP contribution in [0.25, 0.3) is 10.9 Å². The van der Waals surface area contributed by atoms with E-state index < -0.39 is 0 Å². The summed E-state index contributed by atoms with van der Waals surface area (Å²) in [5.41, 5.74) is 3.49. The molecule has 4 rings (SSSR count). The van der Waals surface area contributed by atoms with Crippen LogP contribution in [0.2, 0.25) is 0 Å². The second-order valence-corrected chi connectivity index (χ2v) is 7.68. The van der Waals surface area contributed by atoms with Crippen molar-refractivity contribution in [3.8, 4) is 0 Å². The maximum atomic E-state index is 12.4. The van der Waals surface area contributed by atoms with Gasteiger partial charge in [-0.3, -0.25) is 14.5 Å². The molecule has 3 aromatic rings. The van der Waals surface area contributed by atoms with E-state index in [1.807, 2.05) is 48.2 Å². The van der Waals surface area contributed by atoms with Gasteiger partial charge in [-0.1, -0.05) is 18.2 Å². The Morgan fingerprint density at radius 2 is 2.09 bits per heavy atom. The van der Waals surface area contributed by atoms with Gasteiger partial charge in [0, 0.05) is 35.9 Å². The number of rotatable bonds is 6. The monoisotopic (exact) mass is 431 g/mol. The minimum atomic E-state index is -0.309. The van der Waals surface area contributed by atoms with Crippen LogP contribution in [0.4, 0.5) is 17.2 Å². The summed E-state index contributed by atoms with van der Waals surface area (Å²) >= 11 is 0. The van der Waals surface area contributed by atoms with Crippen LogP contribution in [-0.2, 0) is 14.3 Å². The first kappa shape index (κ1) is 21.5. The smallest absolute Gasteiger partial charge is 0.323 e. The van der Waals surface area contributed by atoms with Gasteiger partial charge in [0.2, 0.25) is 5.91 Å². The number of aromatic nitrogens is 2. The third kappa shape index (κ3) is 5.09. The molecular weight excluding hydrogens is 406 g/mol. The van der Waals surface area contributed by atoms with Crippen molar-refractivity contribution in [1.29, 1.82) is 0 Å². The molecule has 8 heteroatoms. The molecule has 1 aromatic heterocycles. The lowest BCUT2D eigenvalue weighted by atomic mass is 10.2. The van der Waals surface area contributed by atoms with E-state index in [0.717, 1.165) is 22.2 Å². The van der Waals surface area contributed by atoms with Gasteiger partial charge in [-0.2, -0.15) is 0 Å². The lowest BCUT2D eigenvalue weighted by Gasteiger charge is -2.30. The molecular formula is C24H25N5O3. The summed E-state index contributed by atoms with van der Waals surface area (Å²) in [5.74, 6) is 0.183. The molecule has 8 nitrogen and oxygen atoms in total. The maximum absolute atomic E-state index is 12.4. The molecule has 2 heterocycles. The summed E-state index contributed by atoms with van der Waals surface area (Å²) in [6, 6.07) is 13.2. The van der Waals surface area contributed by atoms with E-state index in [-0.39, 0.29) is 17.9 Å². The molecule has 1 atom stereocenters. The lowest BCUT2D eigenvalue weighted by molar-refractivity contribution is -0.155. The zero-order valence-corrected chi connectivity index (χ0v) is 18.0. The molecule has 1 aliphatic rings. The molecule has 2 aromatic carbocycles. The molecule has 0 radical (unpaired) electrons. The molecule has 0 bridgehead atoms. The van der Waals surface area contributed by atoms with Gasteiger partial charge in [0.25, 0.3) is 0 Å². The number of carbonyl (C=O) groups excluding carboxylic acids is 2. The minimum absolute atomic E-state index is 0.234. The van der Waals surface area contributed by atoms with Crippen LogP contribution in [-0.4, -0.2) is 52.5 Å². The Balaban J connectivity index is 1.45. The molecule has 1 saturated heterocycles. The molecule has 164 valence electrons. The predicted molar refractivity (Wildman–Crippen MR) is 124 cm³/mol. The Morgan fingerprint density at radius 1 is 1.22 bits per heavy atom. The van der Waals surface area contributed by atoms with Gasteiger partial charge in [-0.15, -0.1) is 0 Å². The molecule has 0 aliphatic carbocycles. The zero-order valence-electron chi connectivity index (χ0n) is 18.0. The number of nitrogens with one attached hydrogen (secondary N) is 2. The number of hydrogen-bond donors (Lipinski definition) is 2. The normalized spacial score (nSPS) is 16.8. The first-order valence-electron chi connectivity index (χ1n) is 10.5. The Hall–Kier alpha value is -3.78. The molecule has 1 aliphatic heterocycles. The molecule has 32 heavy (non-hydrogen) atoms. The maximum Gasteiger partial charge on any atom is 0.323 e. The quantitative estimate of drug-likeness (QED) is 0.456. The summed E-state index contributed by atoms with van der Waals surface area (Å²) in [4.78, 5) is 34.7. The van der Waals surface area contributed by atoms with Crippen LogP contribution in [0.15, 0.2) is 60.9 Å². The third-order valence-corrected chi connectivity index (χ3v) is 5.30. The fraction of sp³-hybridized carbons (Fsp3) is 0.250. The van der Waals surface area contributed by atoms with Gasteiger partial charge in [-0.25, -0.2) is 9.97 Å². The van der Waals surface area contributed by atoms with Crippen LogP contribution in [0.3, 0.4) is 0 Å². The topological polar surface area (TPSA) is 96.4 Å². The highest BCUT2D eigenvalue weighted by Gasteiger charge is 2.26. The van der Waals surface area contributed by atoms with Crippen molar-refractivity contribution in [2.75, 3.05) is 30.3 Å². The van der Waals surface area contributed by atoms with E-state index >= 15 is 0 Å². The summed E-state index contributed by atoms with van der Waals surface area (Å²) in [6.45, 7) is 5.36. The minimum Gasteiger partial charge on any atom is -0.463 e. The van der Waals surface area contributed by atoms with Gasteiger partial charge in [0.05, 0.1) is 5.52 Å². The van der Waals surface area contributed by atoms with Crippen molar-refractivity contribution in [2.45, 2.75) is 19.9 Å². The molecule has 1 amide bonds. The first-order valence-corrected chi connectivity index (χ1v) is 10.5. The van der Waals surface area contributed by atoms with Crippen molar-refractivity contribution in [3.05, 3.63) is 66.5 Å². The van der Waals surface area contributed by atoms with Gasteiger partial charge in [0.15, 0.2) is 0 Å². The molecule has 1 unspecified atom stereocenters. The number of cyclic esters (lactones) is 1. The summed E-state index contributed by atoms with van der Waals surface area (Å²) < 4.78 is 5.02. The van der Waals surface area contributed by atoms with Crippen LogP contribution in [0.1, 0.15) is 12.5 Å². The van der Waals surface area contributed by atoms with E-state index in [9.17, 15) is 9.59 Å². The van der Waals surface area contributed by atoms with Crippen LogP contribution < -0.4 is 10.6 Å². The second-order valence-electron chi connectivity index (χ2n) is 7.68. The van der Waals surface area contributed by atoms with Crippen molar-refractivity contribution in [2.24, 2.45) is 0 Å². The number of fused-ring (bicyclic) bond motifs is 1. The largest absolute Gasteiger partial charge is 0.463 e. The van der Waals surface area contributed by atoms with Crippen LogP contribution in [0.5, 0.6) is 0 Å². The fourth-order valence-corrected chi connectivity index (χ4v) is 3.55. The van der Waals surface area contributed by atoms with E-state index in [0.29, 0.717) is 31.2 Å². The number of benzene rings is 2. The van der Waals surface area contributed by atoms with Crippen molar-refractivity contribution >= 4 is 40.0 Å². The zero-order chi connectivity index (χ0) is 22.5. The van der Waals surface area contributed by atoms with Crippen molar-refractivity contribution in [3.63, 3.8) is 0 Å². The summed E-state index contributed by atoms with van der Waals surface area (Å²) in [5, 5.41) is 7.00. The van der Waals surface area contributed by atoms with Gasteiger partial charge >= 0.3 is 5.97 Å². The number of hydrogen-bond acceptors (Lipinski definition) is 7. The number of esters is 1. The van der Waals surface area contributed by atoms with Crippen LogP contribution in [0, 0.1) is 6.92 Å². The average Bonchev–Trinajstić information content (AvgIpc) is 2.77. The van der Waals surface area contributed by atoms with E-state index in [1.165, 1.54) is 12.4 Å². The summed E-state index contributed by atoms with van der Waals surface area (Å²) in [6.07, 6.45) is 4.74. The Bertz CT molecular complexity index is 1180. The van der Waals surface area contributed by atoms with Gasteiger partial charge < -0.3 is 15.4 Å². The van der Waals surface area contributed by atoms with Crippen molar-refractivity contribution in [1.82, 2.24) is 14.9 Å². The highest BCUT2D eigenvalue weighted by atomic mass is 16.5. The van der Waals surface area contributed by atoms with E-state index in [4.69, 9.17) is 4.74 Å². The standard InChI is InChI=1S/C24H25N5O3/c1-16-5-3-6-18(13-16)28-23-20-14-19(8-9-21(20)25-15-26-23)27-22(30)7-4-10-29-11-12-32-24(31)17(29)2/h3-9,13-15,17H,10-12H2,1-2H3,(H,27,30)(H,25,26,28). The highest BCUT2D eigenvalue weighted by molar-refractivity contribution is 6.01. The number of nitrogens with zero attached hydrogens (tertiary/aromatic N) is 3. The van der Waals surface area contributed by atoms with E-state index in [1.54, 1.807) is 19.1 Å². The first-order chi connectivity index (χ1) is 15.5. The number of anilines is 3. The second kappa shape index (κ2) is 9.57. The number of morpholine rings is 1. The van der Waals surface area contributed by atoms with Gasteiger partial charge in [-0.05, 0) is 49.7 Å². The SMILES string of the molecule is Cc1cccc(Nc2ncnc3ccc(NC(=O)C=CCN4CCOC(=O)C4C)cc23)c1. The molecule has 2 N–H and O–H groups in total. The Kier molecular flexibility index (Phi) is 6.42. The predicted octanol–water partition coefficient (Wildman–Crippen LogP) is 3.42. The van der Waals surface area contributed by atoms with Gasteiger partial charge in [0.1, 0.15) is 24.8 Å².